The summed E-state index contributed by atoms with van der Waals surface area (Å²) < 4.78 is 52.5. The van der Waals surface area contributed by atoms with Crippen LogP contribution in [0.3, 0.4) is 0 Å². The third-order valence-electron chi connectivity index (χ3n) is 4.96. The van der Waals surface area contributed by atoms with E-state index in [4.69, 9.17) is 9.47 Å². The Bertz CT molecular complexity index is 751. The zero-order valence-corrected chi connectivity index (χ0v) is 15.7. The van der Waals surface area contributed by atoms with Gasteiger partial charge in [-0.1, -0.05) is 25.3 Å². The number of rotatable bonds is 5. The molecular weight excluding hydrogens is 363 g/mol. The van der Waals surface area contributed by atoms with Gasteiger partial charge in [-0.05, 0) is 31.9 Å². The Balaban J connectivity index is 1.81. The van der Waals surface area contributed by atoms with E-state index in [2.05, 4.69) is 4.98 Å². The van der Waals surface area contributed by atoms with Crippen molar-refractivity contribution in [3.05, 3.63) is 39.8 Å². The first-order valence-corrected chi connectivity index (χ1v) is 9.48. The Labute approximate surface area is 155 Å². The van der Waals surface area contributed by atoms with E-state index < -0.39 is 11.6 Å². The Hall–Kier alpha value is -1.76. The van der Waals surface area contributed by atoms with Gasteiger partial charge in [0.1, 0.15) is 28.5 Å². The van der Waals surface area contributed by atoms with Crippen molar-refractivity contribution in [2.45, 2.75) is 57.2 Å². The molecule has 3 rings (SSSR count). The van der Waals surface area contributed by atoms with Crippen LogP contribution in [0.4, 0.5) is 13.2 Å². The number of nitrogens with zero attached hydrogens (tertiary/aromatic N) is 1. The van der Waals surface area contributed by atoms with Gasteiger partial charge in [-0.25, -0.2) is 4.98 Å². The summed E-state index contributed by atoms with van der Waals surface area (Å²) in [5.74, 6) is 1.28. The van der Waals surface area contributed by atoms with Gasteiger partial charge in [-0.15, -0.1) is 11.3 Å². The third kappa shape index (κ3) is 3.68. The minimum Gasteiger partial charge on any atom is -0.497 e. The minimum atomic E-state index is -4.28. The van der Waals surface area contributed by atoms with E-state index in [9.17, 15) is 13.2 Å². The zero-order chi connectivity index (χ0) is 18.8. The molecule has 142 valence electrons. The van der Waals surface area contributed by atoms with Crippen LogP contribution in [0.25, 0.3) is 0 Å². The lowest BCUT2D eigenvalue weighted by molar-refractivity contribution is -0.199. The number of halogens is 3. The number of ether oxygens (including phenoxy) is 2. The largest absolute Gasteiger partial charge is 0.497 e. The van der Waals surface area contributed by atoms with Crippen molar-refractivity contribution in [2.75, 3.05) is 7.11 Å². The topological polar surface area (TPSA) is 31.4 Å². The summed E-state index contributed by atoms with van der Waals surface area (Å²) in [5.41, 5.74) is -1.18. The van der Waals surface area contributed by atoms with Crippen molar-refractivity contribution in [1.29, 1.82) is 0 Å². The van der Waals surface area contributed by atoms with Gasteiger partial charge in [0.05, 0.1) is 17.7 Å². The van der Waals surface area contributed by atoms with Crippen LogP contribution < -0.4 is 9.47 Å². The number of thiazole rings is 1. The van der Waals surface area contributed by atoms with Gasteiger partial charge in [0.25, 0.3) is 0 Å². The summed E-state index contributed by atoms with van der Waals surface area (Å²) in [7, 11) is 1.57. The predicted octanol–water partition coefficient (Wildman–Crippen LogP) is 5.80. The maximum absolute atomic E-state index is 13.9. The first-order chi connectivity index (χ1) is 12.4. The van der Waals surface area contributed by atoms with Crippen molar-refractivity contribution >= 4 is 11.3 Å². The molecule has 0 bridgehead atoms. The molecule has 0 spiro atoms. The van der Waals surface area contributed by atoms with Gasteiger partial charge < -0.3 is 9.47 Å². The Morgan fingerprint density at radius 1 is 1.15 bits per heavy atom. The summed E-state index contributed by atoms with van der Waals surface area (Å²) in [6.07, 6.45) is -1.99. The molecule has 1 aromatic heterocycles. The summed E-state index contributed by atoms with van der Waals surface area (Å²) in [6, 6.07) is 7.15. The lowest BCUT2D eigenvalue weighted by Crippen LogP contribution is -2.43. The maximum Gasteiger partial charge on any atom is 0.400 e. The summed E-state index contributed by atoms with van der Waals surface area (Å²) >= 11 is 1.13. The number of hydrogen-bond donors (Lipinski definition) is 0. The third-order valence-corrected chi connectivity index (χ3v) is 6.30. The number of benzene rings is 1. The van der Waals surface area contributed by atoms with Crippen molar-refractivity contribution in [3.63, 3.8) is 0 Å². The van der Waals surface area contributed by atoms with Crippen molar-refractivity contribution in [2.24, 2.45) is 0 Å². The SMILES string of the molecule is COc1cccc(OCc2sc(C3(C(F)(F)F)CCCCC3)nc2C)c1. The molecule has 0 saturated heterocycles. The molecule has 0 amide bonds. The average Bonchev–Trinajstić information content (AvgIpc) is 3.01. The van der Waals surface area contributed by atoms with Gasteiger partial charge in [-0.2, -0.15) is 13.2 Å². The molecule has 1 heterocycles. The van der Waals surface area contributed by atoms with Crippen LogP contribution in [0.2, 0.25) is 0 Å². The molecule has 1 fully saturated rings. The van der Waals surface area contributed by atoms with Crippen LogP contribution in [-0.4, -0.2) is 18.3 Å². The number of alkyl halides is 3. The van der Waals surface area contributed by atoms with E-state index in [1.807, 2.05) is 0 Å². The van der Waals surface area contributed by atoms with Gasteiger partial charge >= 0.3 is 6.18 Å². The molecule has 3 nitrogen and oxygen atoms in total. The minimum absolute atomic E-state index is 0.125. The molecule has 26 heavy (non-hydrogen) atoms. The smallest absolute Gasteiger partial charge is 0.400 e. The normalized spacial score (nSPS) is 17.1. The fourth-order valence-corrected chi connectivity index (χ4v) is 4.62. The van der Waals surface area contributed by atoms with Crippen molar-refractivity contribution < 1.29 is 22.6 Å². The molecule has 1 aliphatic rings. The van der Waals surface area contributed by atoms with Crippen LogP contribution in [0.15, 0.2) is 24.3 Å². The second kappa shape index (κ2) is 7.47. The lowest BCUT2D eigenvalue weighted by atomic mass is 9.74. The predicted molar refractivity (Wildman–Crippen MR) is 95.0 cm³/mol. The number of methoxy groups -OCH3 is 1. The summed E-state index contributed by atoms with van der Waals surface area (Å²) in [5, 5.41) is 0.187. The average molecular weight is 385 g/mol. The van der Waals surface area contributed by atoms with E-state index in [0.29, 0.717) is 30.0 Å². The molecule has 1 saturated carbocycles. The van der Waals surface area contributed by atoms with E-state index >= 15 is 0 Å². The molecule has 7 heteroatoms. The molecular formula is C19H22F3NO2S. The van der Waals surface area contributed by atoms with Gasteiger partial charge in [0.15, 0.2) is 0 Å². The number of aryl methyl sites for hydroxylation is 1. The highest BCUT2D eigenvalue weighted by Gasteiger charge is 2.57. The quantitative estimate of drug-likeness (QED) is 0.651. The van der Waals surface area contributed by atoms with Gasteiger partial charge in [0.2, 0.25) is 0 Å². The van der Waals surface area contributed by atoms with Crippen LogP contribution in [0.5, 0.6) is 11.5 Å². The second-order valence-corrected chi connectivity index (χ2v) is 7.72. The van der Waals surface area contributed by atoms with E-state index in [0.717, 1.165) is 22.6 Å². The molecule has 1 aromatic carbocycles. The standard InChI is InChI=1S/C19H22F3NO2S/c1-13-16(12-25-15-8-6-7-14(11-15)24-2)26-17(23-13)18(19(20,21)22)9-4-3-5-10-18/h6-8,11H,3-5,9-10,12H2,1-2H3. The van der Waals surface area contributed by atoms with Crippen LogP contribution in [0.1, 0.15) is 47.7 Å². The van der Waals surface area contributed by atoms with Gasteiger partial charge in [-0.3, -0.25) is 0 Å². The van der Waals surface area contributed by atoms with Crippen LogP contribution in [0, 0.1) is 6.92 Å². The van der Waals surface area contributed by atoms with E-state index in [1.54, 1.807) is 38.3 Å². The van der Waals surface area contributed by atoms with Gasteiger partial charge in [0, 0.05) is 6.07 Å². The zero-order valence-electron chi connectivity index (χ0n) is 14.9. The fraction of sp³-hybridized carbons (Fsp3) is 0.526. The number of hydrogen-bond acceptors (Lipinski definition) is 4. The first kappa shape index (κ1) is 19.0. The molecule has 0 N–H and O–H groups in total. The molecule has 0 unspecified atom stereocenters. The molecule has 1 aliphatic carbocycles. The lowest BCUT2D eigenvalue weighted by Gasteiger charge is -2.37. The molecule has 0 atom stereocenters. The highest BCUT2D eigenvalue weighted by Crippen LogP contribution is 2.52. The van der Waals surface area contributed by atoms with Crippen molar-refractivity contribution in [1.82, 2.24) is 4.98 Å². The Morgan fingerprint density at radius 2 is 1.85 bits per heavy atom. The maximum atomic E-state index is 13.9. The van der Waals surface area contributed by atoms with E-state index in [1.165, 1.54) is 0 Å². The fourth-order valence-electron chi connectivity index (χ4n) is 3.38. The Morgan fingerprint density at radius 3 is 2.50 bits per heavy atom. The summed E-state index contributed by atoms with van der Waals surface area (Å²) in [6.45, 7) is 1.95. The van der Waals surface area contributed by atoms with Crippen molar-refractivity contribution in [3.8, 4) is 11.5 Å². The highest BCUT2D eigenvalue weighted by atomic mass is 32.1. The second-order valence-electron chi connectivity index (χ2n) is 6.64. The molecule has 0 aliphatic heterocycles. The number of aromatic nitrogens is 1. The Kier molecular flexibility index (Phi) is 5.46. The molecule has 2 aromatic rings. The monoisotopic (exact) mass is 385 g/mol. The molecule has 0 radical (unpaired) electrons. The van der Waals surface area contributed by atoms with E-state index in [-0.39, 0.29) is 24.5 Å². The van der Waals surface area contributed by atoms with Crippen LogP contribution >= 0.6 is 11.3 Å². The van der Waals surface area contributed by atoms with Crippen LogP contribution in [-0.2, 0) is 12.0 Å². The highest BCUT2D eigenvalue weighted by molar-refractivity contribution is 7.11. The first-order valence-electron chi connectivity index (χ1n) is 8.66. The summed E-state index contributed by atoms with van der Waals surface area (Å²) in [4.78, 5) is 5.05.